The third-order valence-electron chi connectivity index (χ3n) is 2.93. The van der Waals surface area contributed by atoms with E-state index in [1.807, 2.05) is 18.2 Å². The van der Waals surface area contributed by atoms with Crippen LogP contribution >= 0.6 is 0 Å². The number of benzene rings is 2. The smallest absolute Gasteiger partial charge is 0.203 e. The lowest BCUT2D eigenvalue weighted by molar-refractivity contribution is 0.324. The maximum absolute atomic E-state index is 12.1. The second-order valence-corrected chi connectivity index (χ2v) is 5.44. The van der Waals surface area contributed by atoms with Gasteiger partial charge in [-0.1, -0.05) is 18.2 Å². The summed E-state index contributed by atoms with van der Waals surface area (Å²) < 4.78 is 31.9. The Labute approximate surface area is 132 Å². The molecule has 0 aromatic heterocycles. The Bertz CT molecular complexity index is 661. The van der Waals surface area contributed by atoms with Gasteiger partial charge in [0.15, 0.2) is 22.5 Å². The normalized spacial score (nSPS) is 12.1. The van der Waals surface area contributed by atoms with Crippen LogP contribution in [0.4, 0.5) is 0 Å². The quantitative estimate of drug-likeness (QED) is 0.768. The lowest BCUT2D eigenvalue weighted by Crippen LogP contribution is -1.97. The Hall–Kier alpha value is -2.34. The second-order valence-electron chi connectivity index (χ2n) is 4.26. The second kappa shape index (κ2) is 7.61. The van der Waals surface area contributed by atoms with E-state index in [0.29, 0.717) is 27.7 Å². The van der Waals surface area contributed by atoms with Gasteiger partial charge in [-0.3, -0.25) is 0 Å². The van der Waals surface area contributed by atoms with Gasteiger partial charge in [-0.15, -0.1) is 0 Å². The van der Waals surface area contributed by atoms with Crippen LogP contribution in [0.15, 0.2) is 51.8 Å². The van der Waals surface area contributed by atoms with Crippen molar-refractivity contribution in [2.24, 2.45) is 4.40 Å². The summed E-state index contributed by atoms with van der Waals surface area (Å²) in [5.74, 6) is 1.55. The Balaban J connectivity index is 2.29. The van der Waals surface area contributed by atoms with Gasteiger partial charge in [0.1, 0.15) is 0 Å². The molecule has 22 heavy (non-hydrogen) atoms. The largest absolute Gasteiger partial charge is 0.493 e. The van der Waals surface area contributed by atoms with Crippen molar-refractivity contribution < 1.29 is 18.4 Å². The predicted molar refractivity (Wildman–Crippen MR) is 86.5 cm³/mol. The van der Waals surface area contributed by atoms with Crippen molar-refractivity contribution in [1.82, 2.24) is 0 Å². The minimum Gasteiger partial charge on any atom is -0.493 e. The third kappa shape index (κ3) is 3.65. The van der Waals surface area contributed by atoms with Crippen molar-refractivity contribution in [3.63, 3.8) is 0 Å². The third-order valence-corrected chi connectivity index (χ3v) is 3.90. The predicted octanol–water partition coefficient (Wildman–Crippen LogP) is 2.85. The molecule has 1 atom stereocenters. The Kier molecular flexibility index (Phi) is 5.55. The molecule has 116 valence electrons. The van der Waals surface area contributed by atoms with Crippen molar-refractivity contribution in [1.29, 1.82) is 0 Å². The van der Waals surface area contributed by atoms with Crippen molar-refractivity contribution in [2.75, 3.05) is 21.3 Å². The first kappa shape index (κ1) is 16.0. The standard InChI is InChI=1S/C16H17NO4S/c1-19-14-9-12(10-15(20-2)16(14)21-3)11-17-22(18)13-7-5-4-6-8-13/h4-11H,1-3H3/b17-11+. The molecule has 0 fully saturated rings. The summed E-state index contributed by atoms with van der Waals surface area (Å²) in [6, 6.07) is 12.5. The molecule has 0 heterocycles. The van der Waals surface area contributed by atoms with Crippen LogP contribution in [0, 0.1) is 0 Å². The number of nitrogens with zero attached hydrogens (tertiary/aromatic N) is 1. The SMILES string of the molecule is COc1cc(/C=N/S(=O)c2ccccc2)cc(OC)c1OC. The first-order valence-corrected chi connectivity index (χ1v) is 7.61. The first-order chi connectivity index (χ1) is 10.7. The van der Waals surface area contributed by atoms with Crippen LogP contribution in [0.25, 0.3) is 0 Å². The Morgan fingerprint density at radius 2 is 1.55 bits per heavy atom. The molecule has 1 unspecified atom stereocenters. The monoisotopic (exact) mass is 319 g/mol. The fourth-order valence-corrected chi connectivity index (χ4v) is 2.61. The molecule has 2 aromatic carbocycles. The van der Waals surface area contributed by atoms with E-state index in [-0.39, 0.29) is 0 Å². The van der Waals surface area contributed by atoms with E-state index in [1.165, 1.54) is 6.21 Å². The first-order valence-electron chi connectivity index (χ1n) is 6.50. The van der Waals surface area contributed by atoms with Gasteiger partial charge in [-0.25, -0.2) is 4.21 Å². The molecule has 0 N–H and O–H groups in total. The fourth-order valence-electron chi connectivity index (χ4n) is 1.88. The highest BCUT2D eigenvalue weighted by atomic mass is 32.2. The van der Waals surface area contributed by atoms with Crippen LogP contribution in [0.2, 0.25) is 0 Å². The summed E-state index contributed by atoms with van der Waals surface area (Å²) in [4.78, 5) is 0.645. The average Bonchev–Trinajstić information content (AvgIpc) is 2.59. The van der Waals surface area contributed by atoms with E-state index in [0.717, 1.165) is 0 Å². The molecule has 0 radical (unpaired) electrons. The molecule has 6 heteroatoms. The molecule has 0 bridgehead atoms. The van der Waals surface area contributed by atoms with E-state index in [1.54, 1.807) is 45.6 Å². The van der Waals surface area contributed by atoms with E-state index in [9.17, 15) is 4.21 Å². The van der Waals surface area contributed by atoms with E-state index in [4.69, 9.17) is 14.2 Å². The average molecular weight is 319 g/mol. The summed E-state index contributed by atoms with van der Waals surface area (Å²) in [6.45, 7) is 0. The molecule has 0 amide bonds. The van der Waals surface area contributed by atoms with Crippen LogP contribution in [-0.2, 0) is 11.0 Å². The topological polar surface area (TPSA) is 57.1 Å². The van der Waals surface area contributed by atoms with Gasteiger partial charge in [0.25, 0.3) is 0 Å². The van der Waals surface area contributed by atoms with Gasteiger partial charge in [-0.2, -0.15) is 4.40 Å². The van der Waals surface area contributed by atoms with Gasteiger partial charge < -0.3 is 14.2 Å². The molecule has 0 saturated carbocycles. The number of methoxy groups -OCH3 is 3. The van der Waals surface area contributed by atoms with E-state index >= 15 is 0 Å². The number of hydrogen-bond donors (Lipinski definition) is 0. The highest BCUT2D eigenvalue weighted by Gasteiger charge is 2.12. The fraction of sp³-hybridized carbons (Fsp3) is 0.188. The molecule has 0 aliphatic rings. The minimum atomic E-state index is -1.45. The summed E-state index contributed by atoms with van der Waals surface area (Å²) in [7, 11) is 3.17. The summed E-state index contributed by atoms with van der Waals surface area (Å²) in [5, 5.41) is 0. The molecule has 5 nitrogen and oxygen atoms in total. The van der Waals surface area contributed by atoms with Gasteiger partial charge in [0.05, 0.1) is 26.2 Å². The molecule has 0 spiro atoms. The Morgan fingerprint density at radius 1 is 0.955 bits per heavy atom. The maximum atomic E-state index is 12.1. The van der Waals surface area contributed by atoms with Crippen LogP contribution in [0.5, 0.6) is 17.2 Å². The molecular weight excluding hydrogens is 302 g/mol. The molecule has 2 rings (SSSR count). The van der Waals surface area contributed by atoms with Crippen molar-refractivity contribution in [3.05, 3.63) is 48.0 Å². The lowest BCUT2D eigenvalue weighted by atomic mass is 10.2. The van der Waals surface area contributed by atoms with Gasteiger partial charge in [0.2, 0.25) is 5.75 Å². The molecule has 0 saturated heterocycles. The van der Waals surface area contributed by atoms with Crippen molar-refractivity contribution in [2.45, 2.75) is 4.90 Å². The summed E-state index contributed by atoms with van der Waals surface area (Å²) in [6.07, 6.45) is 1.52. The van der Waals surface area contributed by atoms with Crippen LogP contribution in [0.1, 0.15) is 5.56 Å². The van der Waals surface area contributed by atoms with Crippen molar-refractivity contribution in [3.8, 4) is 17.2 Å². The Morgan fingerprint density at radius 3 is 2.05 bits per heavy atom. The number of hydrogen-bond acceptors (Lipinski definition) is 4. The zero-order chi connectivity index (χ0) is 15.9. The van der Waals surface area contributed by atoms with Crippen LogP contribution in [-0.4, -0.2) is 31.8 Å². The van der Waals surface area contributed by atoms with Gasteiger partial charge >= 0.3 is 0 Å². The van der Waals surface area contributed by atoms with Crippen molar-refractivity contribution >= 4 is 17.2 Å². The highest BCUT2D eigenvalue weighted by Crippen LogP contribution is 2.37. The summed E-state index contributed by atoms with van der Waals surface area (Å²) in [5.41, 5.74) is 0.707. The summed E-state index contributed by atoms with van der Waals surface area (Å²) >= 11 is 0. The molecular formula is C16H17NO4S. The minimum absolute atomic E-state index is 0.506. The lowest BCUT2D eigenvalue weighted by Gasteiger charge is -2.12. The highest BCUT2D eigenvalue weighted by molar-refractivity contribution is 7.83. The number of rotatable bonds is 6. The van der Waals surface area contributed by atoms with E-state index in [2.05, 4.69) is 4.40 Å². The zero-order valence-corrected chi connectivity index (χ0v) is 13.4. The van der Waals surface area contributed by atoms with Gasteiger partial charge in [0, 0.05) is 11.8 Å². The van der Waals surface area contributed by atoms with Crippen LogP contribution in [0.3, 0.4) is 0 Å². The molecule has 2 aromatic rings. The van der Waals surface area contributed by atoms with Crippen LogP contribution < -0.4 is 14.2 Å². The van der Waals surface area contributed by atoms with E-state index < -0.39 is 11.0 Å². The van der Waals surface area contributed by atoms with Gasteiger partial charge in [-0.05, 0) is 24.3 Å². The molecule has 0 aliphatic carbocycles. The maximum Gasteiger partial charge on any atom is 0.203 e. The number of ether oxygens (including phenoxy) is 3. The molecule has 0 aliphatic heterocycles. The zero-order valence-electron chi connectivity index (χ0n) is 12.6.